The Hall–Kier alpha value is -1.72. The third-order valence-corrected chi connectivity index (χ3v) is 3.93. The number of nitrogens with zero attached hydrogens (tertiary/aromatic N) is 4. The Morgan fingerprint density at radius 3 is 2.48 bits per heavy atom. The first-order valence-electron chi connectivity index (χ1n) is 7.35. The van der Waals surface area contributed by atoms with Gasteiger partial charge in [-0.05, 0) is 25.8 Å². The summed E-state index contributed by atoms with van der Waals surface area (Å²) in [4.78, 5) is 2.33. The molecule has 0 aliphatic rings. The highest BCUT2D eigenvalue weighted by Crippen LogP contribution is 2.14. The van der Waals surface area contributed by atoms with Crippen LogP contribution in [0.4, 0.5) is 0 Å². The van der Waals surface area contributed by atoms with Crippen LogP contribution in [0, 0.1) is 6.92 Å². The van der Waals surface area contributed by atoms with Crippen LogP contribution in [-0.4, -0.2) is 37.4 Å². The predicted molar refractivity (Wildman–Crippen MR) is 82.6 cm³/mol. The van der Waals surface area contributed by atoms with E-state index in [-0.39, 0.29) is 12.6 Å². The van der Waals surface area contributed by atoms with Crippen molar-refractivity contribution in [3.05, 3.63) is 47.5 Å². The average Bonchev–Trinajstić information content (AvgIpc) is 2.80. The number of hydrogen-bond acceptors (Lipinski definition) is 4. The first-order chi connectivity index (χ1) is 10.1. The van der Waals surface area contributed by atoms with Crippen molar-refractivity contribution in [1.82, 2.24) is 19.7 Å². The average molecular weight is 288 g/mol. The first kappa shape index (κ1) is 15.7. The Morgan fingerprint density at radius 2 is 1.90 bits per heavy atom. The zero-order chi connectivity index (χ0) is 15.2. The van der Waals surface area contributed by atoms with Crippen molar-refractivity contribution in [2.75, 3.05) is 6.61 Å². The summed E-state index contributed by atoms with van der Waals surface area (Å²) in [5.41, 5.74) is 1.26. The van der Waals surface area contributed by atoms with Crippen molar-refractivity contribution in [1.29, 1.82) is 0 Å². The minimum absolute atomic E-state index is 0.199. The lowest BCUT2D eigenvalue weighted by Crippen LogP contribution is -2.33. The molecule has 1 unspecified atom stereocenters. The molecule has 2 rings (SSSR count). The Kier molecular flexibility index (Phi) is 5.47. The van der Waals surface area contributed by atoms with E-state index in [2.05, 4.69) is 46.3 Å². The standard InChI is InChI=1S/C16H24N4O/c1-13(9-10-21)20(11-15-7-5-4-6-8-15)12-16-18-17-14(2)19(16)3/h4-8,13,21H,9-12H2,1-3H3. The van der Waals surface area contributed by atoms with Gasteiger partial charge >= 0.3 is 0 Å². The van der Waals surface area contributed by atoms with E-state index in [1.807, 2.05) is 24.6 Å². The van der Waals surface area contributed by atoms with Gasteiger partial charge in [0.15, 0.2) is 0 Å². The van der Waals surface area contributed by atoms with Gasteiger partial charge in [0.25, 0.3) is 0 Å². The lowest BCUT2D eigenvalue weighted by molar-refractivity contribution is 0.149. The molecule has 5 heteroatoms. The van der Waals surface area contributed by atoms with Crippen LogP contribution in [0.5, 0.6) is 0 Å². The van der Waals surface area contributed by atoms with Crippen LogP contribution in [0.3, 0.4) is 0 Å². The van der Waals surface area contributed by atoms with Gasteiger partial charge in [-0.25, -0.2) is 0 Å². The molecule has 0 aliphatic heterocycles. The third kappa shape index (κ3) is 4.12. The van der Waals surface area contributed by atoms with Crippen LogP contribution < -0.4 is 0 Å². The van der Waals surface area contributed by atoms with E-state index in [1.54, 1.807) is 0 Å². The Bertz CT molecular complexity index is 553. The van der Waals surface area contributed by atoms with Crippen LogP contribution in [-0.2, 0) is 20.1 Å². The van der Waals surface area contributed by atoms with E-state index in [0.29, 0.717) is 0 Å². The number of hydrogen-bond donors (Lipinski definition) is 1. The van der Waals surface area contributed by atoms with Crippen LogP contribution >= 0.6 is 0 Å². The summed E-state index contributed by atoms with van der Waals surface area (Å²) in [6.45, 7) is 5.86. The molecule has 21 heavy (non-hydrogen) atoms. The first-order valence-corrected chi connectivity index (χ1v) is 7.35. The molecular formula is C16H24N4O. The maximum atomic E-state index is 9.22. The van der Waals surface area contributed by atoms with E-state index in [0.717, 1.165) is 31.2 Å². The highest BCUT2D eigenvalue weighted by molar-refractivity contribution is 5.14. The molecule has 0 bridgehead atoms. The minimum Gasteiger partial charge on any atom is -0.396 e. The van der Waals surface area contributed by atoms with Crippen LogP contribution in [0.2, 0.25) is 0 Å². The van der Waals surface area contributed by atoms with Gasteiger partial charge in [-0.3, -0.25) is 4.90 Å². The molecule has 1 atom stereocenters. The van der Waals surface area contributed by atoms with Crippen molar-refractivity contribution in [2.45, 2.75) is 39.4 Å². The predicted octanol–water partition coefficient (Wildman–Crippen LogP) is 1.90. The summed E-state index contributed by atoms with van der Waals surface area (Å²) < 4.78 is 2.02. The van der Waals surface area contributed by atoms with E-state index in [1.165, 1.54) is 5.56 Å². The van der Waals surface area contributed by atoms with E-state index >= 15 is 0 Å². The summed E-state index contributed by atoms with van der Waals surface area (Å²) in [6, 6.07) is 10.7. The molecule has 114 valence electrons. The van der Waals surface area contributed by atoms with Gasteiger partial charge in [0.1, 0.15) is 11.6 Å². The Balaban J connectivity index is 2.14. The van der Waals surface area contributed by atoms with Gasteiger partial charge in [0.05, 0.1) is 6.54 Å². The summed E-state index contributed by atoms with van der Waals surface area (Å²) in [7, 11) is 1.99. The summed E-state index contributed by atoms with van der Waals surface area (Å²) in [5, 5.41) is 17.6. The molecule has 0 saturated heterocycles. The van der Waals surface area contributed by atoms with Gasteiger partial charge in [-0.2, -0.15) is 0 Å². The van der Waals surface area contributed by atoms with Gasteiger partial charge in [0, 0.05) is 26.2 Å². The maximum Gasteiger partial charge on any atom is 0.146 e. The molecule has 0 aliphatic carbocycles. The second kappa shape index (κ2) is 7.33. The monoisotopic (exact) mass is 288 g/mol. The molecule has 5 nitrogen and oxygen atoms in total. The SMILES string of the molecule is Cc1nnc(CN(Cc2ccccc2)C(C)CCO)n1C. The number of benzene rings is 1. The normalized spacial score (nSPS) is 12.8. The number of aliphatic hydroxyl groups excluding tert-OH is 1. The van der Waals surface area contributed by atoms with Crippen molar-refractivity contribution in [3.8, 4) is 0 Å². The largest absolute Gasteiger partial charge is 0.396 e. The summed E-state index contributed by atoms with van der Waals surface area (Å²) in [6.07, 6.45) is 0.754. The second-order valence-corrected chi connectivity index (χ2v) is 5.47. The van der Waals surface area contributed by atoms with E-state index < -0.39 is 0 Å². The molecule has 0 radical (unpaired) electrons. The molecule has 2 aromatic rings. The Labute approximate surface area is 126 Å². The van der Waals surface area contributed by atoms with Crippen molar-refractivity contribution in [3.63, 3.8) is 0 Å². The smallest absolute Gasteiger partial charge is 0.146 e. The van der Waals surface area contributed by atoms with Crippen molar-refractivity contribution >= 4 is 0 Å². The van der Waals surface area contributed by atoms with E-state index in [4.69, 9.17) is 0 Å². The number of rotatable bonds is 7. The molecule has 1 N–H and O–H groups in total. The van der Waals surface area contributed by atoms with Gasteiger partial charge in [-0.15, -0.1) is 10.2 Å². The zero-order valence-corrected chi connectivity index (χ0v) is 13.0. The van der Waals surface area contributed by atoms with Gasteiger partial charge < -0.3 is 9.67 Å². The van der Waals surface area contributed by atoms with Gasteiger partial charge in [0.2, 0.25) is 0 Å². The third-order valence-electron chi connectivity index (χ3n) is 3.93. The lowest BCUT2D eigenvalue weighted by atomic mass is 10.1. The summed E-state index contributed by atoms with van der Waals surface area (Å²) >= 11 is 0. The summed E-state index contributed by atoms with van der Waals surface area (Å²) in [5.74, 6) is 1.87. The topological polar surface area (TPSA) is 54.2 Å². The van der Waals surface area contributed by atoms with Crippen LogP contribution in [0.25, 0.3) is 0 Å². The molecular weight excluding hydrogens is 264 g/mol. The van der Waals surface area contributed by atoms with Crippen LogP contribution in [0.1, 0.15) is 30.6 Å². The number of aryl methyl sites for hydroxylation is 1. The van der Waals surface area contributed by atoms with Gasteiger partial charge in [-0.1, -0.05) is 30.3 Å². The maximum absolute atomic E-state index is 9.22. The fourth-order valence-electron chi connectivity index (χ4n) is 2.33. The highest BCUT2D eigenvalue weighted by atomic mass is 16.3. The minimum atomic E-state index is 0.199. The molecule has 0 amide bonds. The number of aromatic nitrogens is 3. The molecule has 1 heterocycles. The second-order valence-electron chi connectivity index (χ2n) is 5.47. The number of aliphatic hydroxyl groups is 1. The van der Waals surface area contributed by atoms with Crippen molar-refractivity contribution < 1.29 is 5.11 Å². The van der Waals surface area contributed by atoms with Crippen molar-refractivity contribution in [2.24, 2.45) is 7.05 Å². The fraction of sp³-hybridized carbons (Fsp3) is 0.500. The molecule has 0 fully saturated rings. The fourth-order valence-corrected chi connectivity index (χ4v) is 2.33. The molecule has 1 aromatic carbocycles. The Morgan fingerprint density at radius 1 is 1.19 bits per heavy atom. The van der Waals surface area contributed by atoms with Crippen LogP contribution in [0.15, 0.2) is 30.3 Å². The van der Waals surface area contributed by atoms with E-state index in [9.17, 15) is 5.11 Å². The highest BCUT2D eigenvalue weighted by Gasteiger charge is 2.17. The lowest BCUT2D eigenvalue weighted by Gasteiger charge is -2.28. The molecule has 0 saturated carbocycles. The quantitative estimate of drug-likeness (QED) is 0.845. The molecule has 0 spiro atoms. The molecule has 1 aromatic heterocycles. The zero-order valence-electron chi connectivity index (χ0n) is 13.0.